The number of carbonyl (C=O) groups excluding carboxylic acids is 3. The largest absolute Gasteiger partial charge is 0.466 e. The highest BCUT2D eigenvalue weighted by Crippen LogP contribution is 2.43. The van der Waals surface area contributed by atoms with Crippen molar-refractivity contribution in [2.75, 3.05) is 24.4 Å². The van der Waals surface area contributed by atoms with Crippen LogP contribution in [0, 0.1) is 17.2 Å². The summed E-state index contributed by atoms with van der Waals surface area (Å²) in [7, 11) is 2.38. The summed E-state index contributed by atoms with van der Waals surface area (Å²) in [5, 5.41) is 12.9. The average Bonchev–Trinajstić information content (AvgIpc) is 2.87. The number of hydrogen-bond acceptors (Lipinski definition) is 8. The molecule has 2 aromatic rings. The minimum absolute atomic E-state index is 0.0315. The third-order valence-corrected chi connectivity index (χ3v) is 5.61. The van der Waals surface area contributed by atoms with E-state index in [0.717, 1.165) is 0 Å². The number of rotatable bonds is 7. The van der Waals surface area contributed by atoms with Crippen molar-refractivity contribution >= 4 is 29.2 Å². The third-order valence-electron chi connectivity index (χ3n) is 5.61. The topological polar surface area (TPSA) is 135 Å². The lowest BCUT2D eigenvalue weighted by atomic mass is 9.81. The molecule has 186 valence electrons. The molecule has 0 radical (unpaired) electrons. The first-order valence-electron chi connectivity index (χ1n) is 11.3. The molecule has 1 unspecified atom stereocenters. The van der Waals surface area contributed by atoms with Crippen molar-refractivity contribution in [3.05, 3.63) is 82.8 Å². The van der Waals surface area contributed by atoms with E-state index in [9.17, 15) is 19.6 Å². The van der Waals surface area contributed by atoms with Crippen LogP contribution < -0.4 is 16.0 Å². The normalized spacial score (nSPS) is 15.4. The number of esters is 2. The summed E-state index contributed by atoms with van der Waals surface area (Å²) in [6.07, 6.45) is 0.369. The number of allylic oxidation sites excluding steroid dienone is 1. The predicted octanol–water partition coefficient (Wildman–Crippen LogP) is 3.57. The van der Waals surface area contributed by atoms with Gasteiger partial charge in [-0.1, -0.05) is 44.2 Å². The highest BCUT2D eigenvalue weighted by Gasteiger charge is 2.42. The Kier molecular flexibility index (Phi) is 8.12. The van der Waals surface area contributed by atoms with Crippen molar-refractivity contribution in [3.63, 3.8) is 0 Å². The number of benzene rings is 2. The lowest BCUT2D eigenvalue weighted by Gasteiger charge is -2.35. The van der Waals surface area contributed by atoms with Crippen molar-refractivity contribution in [1.82, 2.24) is 0 Å². The SMILES string of the molecule is COC(=O)C1=C(C(=O)OC)N(c2ccc(NC(=O)CC(C)C)cc2)C(N)=C(C#N)C1c1ccccc1. The molecule has 0 bridgehead atoms. The van der Waals surface area contributed by atoms with Crippen LogP contribution in [0.2, 0.25) is 0 Å². The summed E-state index contributed by atoms with van der Waals surface area (Å²) < 4.78 is 10.0. The van der Waals surface area contributed by atoms with Crippen molar-refractivity contribution in [3.8, 4) is 6.07 Å². The predicted molar refractivity (Wildman–Crippen MR) is 134 cm³/mol. The second-order valence-corrected chi connectivity index (χ2v) is 8.53. The molecule has 36 heavy (non-hydrogen) atoms. The number of anilines is 2. The van der Waals surface area contributed by atoms with Crippen LogP contribution in [0.4, 0.5) is 11.4 Å². The van der Waals surface area contributed by atoms with E-state index in [1.165, 1.54) is 19.1 Å². The number of nitrogens with two attached hydrogens (primary N) is 1. The van der Waals surface area contributed by atoms with E-state index >= 15 is 0 Å². The van der Waals surface area contributed by atoms with Crippen LogP contribution in [-0.2, 0) is 23.9 Å². The molecule has 0 spiro atoms. The quantitative estimate of drug-likeness (QED) is 0.565. The maximum absolute atomic E-state index is 13.1. The molecule has 0 fully saturated rings. The molecular formula is C27H28N4O5. The van der Waals surface area contributed by atoms with Gasteiger partial charge in [-0.2, -0.15) is 5.26 Å². The van der Waals surface area contributed by atoms with Crippen molar-refractivity contribution in [2.24, 2.45) is 11.7 Å². The van der Waals surface area contributed by atoms with Crippen LogP contribution in [0.15, 0.2) is 77.3 Å². The molecule has 0 saturated heterocycles. The van der Waals surface area contributed by atoms with Gasteiger partial charge in [0.05, 0.1) is 37.4 Å². The first-order chi connectivity index (χ1) is 17.2. The zero-order valence-corrected chi connectivity index (χ0v) is 20.6. The molecule has 0 aliphatic carbocycles. The number of nitrogens with zero attached hydrogens (tertiary/aromatic N) is 2. The fraction of sp³-hybridized carbons (Fsp3) is 0.259. The number of amides is 1. The second kappa shape index (κ2) is 11.2. The molecule has 9 nitrogen and oxygen atoms in total. The number of ether oxygens (including phenoxy) is 2. The summed E-state index contributed by atoms with van der Waals surface area (Å²) >= 11 is 0. The van der Waals surface area contributed by atoms with E-state index < -0.39 is 17.9 Å². The van der Waals surface area contributed by atoms with E-state index in [-0.39, 0.29) is 34.5 Å². The molecule has 1 amide bonds. The lowest BCUT2D eigenvalue weighted by molar-refractivity contribution is -0.139. The molecular weight excluding hydrogens is 460 g/mol. The molecule has 1 aliphatic heterocycles. The Morgan fingerprint density at radius 1 is 1.03 bits per heavy atom. The minimum atomic E-state index is -0.941. The van der Waals surface area contributed by atoms with Crippen LogP contribution in [0.25, 0.3) is 0 Å². The monoisotopic (exact) mass is 488 g/mol. The van der Waals surface area contributed by atoms with Crippen LogP contribution in [-0.4, -0.2) is 32.1 Å². The van der Waals surface area contributed by atoms with Gasteiger partial charge in [0.15, 0.2) is 0 Å². The first-order valence-corrected chi connectivity index (χ1v) is 11.3. The van der Waals surface area contributed by atoms with Gasteiger partial charge in [-0.25, -0.2) is 9.59 Å². The summed E-state index contributed by atoms with van der Waals surface area (Å²) in [6.45, 7) is 3.90. The number of nitriles is 1. The maximum Gasteiger partial charge on any atom is 0.355 e. The molecule has 1 atom stereocenters. The first kappa shape index (κ1) is 26.0. The second-order valence-electron chi connectivity index (χ2n) is 8.53. The maximum atomic E-state index is 13.1. The van der Waals surface area contributed by atoms with Gasteiger partial charge in [-0.15, -0.1) is 0 Å². The van der Waals surface area contributed by atoms with E-state index in [4.69, 9.17) is 15.2 Å². The summed E-state index contributed by atoms with van der Waals surface area (Å²) in [6, 6.07) is 17.4. The zero-order chi connectivity index (χ0) is 26.4. The van der Waals surface area contributed by atoms with Crippen LogP contribution in [0.3, 0.4) is 0 Å². The zero-order valence-electron chi connectivity index (χ0n) is 20.6. The Hall–Kier alpha value is -4.58. The molecule has 0 saturated carbocycles. The molecule has 1 heterocycles. The van der Waals surface area contributed by atoms with Gasteiger partial charge in [0.2, 0.25) is 5.91 Å². The highest BCUT2D eigenvalue weighted by atomic mass is 16.5. The number of nitrogens with one attached hydrogen (secondary N) is 1. The summed E-state index contributed by atoms with van der Waals surface area (Å²) in [5.74, 6) is -2.53. The van der Waals surface area contributed by atoms with E-state index in [0.29, 0.717) is 23.4 Å². The lowest BCUT2D eigenvalue weighted by Crippen LogP contribution is -2.40. The molecule has 3 rings (SSSR count). The highest BCUT2D eigenvalue weighted by molar-refractivity contribution is 6.06. The Labute approximate surface area is 209 Å². The van der Waals surface area contributed by atoms with E-state index in [2.05, 4.69) is 11.4 Å². The number of methoxy groups -OCH3 is 2. The van der Waals surface area contributed by atoms with Gasteiger partial charge >= 0.3 is 11.9 Å². The van der Waals surface area contributed by atoms with Gasteiger partial charge in [0.25, 0.3) is 0 Å². The van der Waals surface area contributed by atoms with E-state index in [1.807, 2.05) is 13.8 Å². The van der Waals surface area contributed by atoms with Gasteiger partial charge in [0, 0.05) is 17.8 Å². The van der Waals surface area contributed by atoms with Crippen LogP contribution >= 0.6 is 0 Å². The van der Waals surface area contributed by atoms with Gasteiger partial charge in [-0.05, 0) is 35.7 Å². The Balaban J connectivity index is 2.19. The molecule has 1 aliphatic rings. The molecule has 2 aromatic carbocycles. The third kappa shape index (κ3) is 5.23. The van der Waals surface area contributed by atoms with Crippen molar-refractivity contribution in [2.45, 2.75) is 26.2 Å². The molecule has 0 aromatic heterocycles. The summed E-state index contributed by atoms with van der Waals surface area (Å²) in [5.41, 5.74) is 7.83. The van der Waals surface area contributed by atoms with Gasteiger partial charge in [-0.3, -0.25) is 9.69 Å². The van der Waals surface area contributed by atoms with Gasteiger partial charge in [0.1, 0.15) is 11.5 Å². The molecule has 9 heteroatoms. The summed E-state index contributed by atoms with van der Waals surface area (Å²) in [4.78, 5) is 39.6. The fourth-order valence-corrected chi connectivity index (χ4v) is 4.06. The average molecular weight is 489 g/mol. The van der Waals surface area contributed by atoms with E-state index in [1.54, 1.807) is 54.6 Å². The number of carbonyl (C=O) groups is 3. The fourth-order valence-electron chi connectivity index (χ4n) is 4.06. The Morgan fingerprint density at radius 2 is 1.64 bits per heavy atom. The van der Waals surface area contributed by atoms with Crippen LogP contribution in [0.5, 0.6) is 0 Å². The Morgan fingerprint density at radius 3 is 2.17 bits per heavy atom. The van der Waals surface area contributed by atoms with Crippen molar-refractivity contribution in [1.29, 1.82) is 5.26 Å². The smallest absolute Gasteiger partial charge is 0.355 e. The minimum Gasteiger partial charge on any atom is -0.466 e. The standard InChI is InChI=1S/C27H28N4O5/c1-16(2)14-21(32)30-18-10-12-19(13-11-18)31-24(27(34)36-4)23(26(33)35-3)22(20(15-28)25(31)29)17-8-6-5-7-9-17/h5-13,16,22H,14,29H2,1-4H3,(H,30,32). The van der Waals surface area contributed by atoms with Gasteiger partial charge < -0.3 is 20.5 Å². The Bertz CT molecular complexity index is 1260. The molecule has 3 N–H and O–H groups in total. The van der Waals surface area contributed by atoms with Crippen molar-refractivity contribution < 1.29 is 23.9 Å². The number of hydrogen-bond donors (Lipinski definition) is 2. The van der Waals surface area contributed by atoms with Crippen LogP contribution in [0.1, 0.15) is 31.7 Å².